The molecule has 0 spiro atoms. The molecule has 2 rings (SSSR count). The van der Waals surface area contributed by atoms with Gasteiger partial charge in [0.1, 0.15) is 0 Å². The molecule has 0 saturated heterocycles. The second-order valence-electron chi connectivity index (χ2n) is 3.79. The van der Waals surface area contributed by atoms with Crippen molar-refractivity contribution in [3.8, 4) is 0 Å². The molecule has 0 N–H and O–H groups in total. The largest absolute Gasteiger partial charge is 0.293 e. The standard InChI is InChI=1S/C14H13NOS/c1-10(15-2)11-5-7-12(8-6-11)14(16)13-4-3-9-17-13/h3-10H,2H2,1H3. The Labute approximate surface area is 105 Å². The van der Waals surface area contributed by atoms with Gasteiger partial charge in [-0.25, -0.2) is 0 Å². The van der Waals surface area contributed by atoms with E-state index in [0.29, 0.717) is 5.56 Å². The fourth-order valence-electron chi connectivity index (χ4n) is 1.57. The van der Waals surface area contributed by atoms with Gasteiger partial charge in [0.25, 0.3) is 0 Å². The topological polar surface area (TPSA) is 29.4 Å². The van der Waals surface area contributed by atoms with Gasteiger partial charge in [-0.05, 0) is 30.7 Å². The maximum atomic E-state index is 12.0. The lowest BCUT2D eigenvalue weighted by atomic mass is 10.0. The smallest absolute Gasteiger partial charge is 0.202 e. The van der Waals surface area contributed by atoms with Gasteiger partial charge in [0.05, 0.1) is 10.9 Å². The molecule has 2 aromatic rings. The van der Waals surface area contributed by atoms with Crippen LogP contribution in [0.2, 0.25) is 0 Å². The first kappa shape index (κ1) is 11.7. The number of carbonyl (C=O) groups is 1. The lowest BCUT2D eigenvalue weighted by Gasteiger charge is -2.06. The molecule has 0 saturated carbocycles. The van der Waals surface area contributed by atoms with Gasteiger partial charge in [-0.15, -0.1) is 11.3 Å². The number of thiophene rings is 1. The van der Waals surface area contributed by atoms with Crippen molar-refractivity contribution in [3.05, 3.63) is 57.8 Å². The van der Waals surface area contributed by atoms with Crippen molar-refractivity contribution in [2.75, 3.05) is 0 Å². The molecule has 0 aliphatic rings. The Hall–Kier alpha value is -1.74. The highest BCUT2D eigenvalue weighted by Crippen LogP contribution is 2.19. The van der Waals surface area contributed by atoms with Crippen molar-refractivity contribution in [2.24, 2.45) is 4.99 Å². The Morgan fingerprint density at radius 3 is 2.53 bits per heavy atom. The summed E-state index contributed by atoms with van der Waals surface area (Å²) in [5.41, 5.74) is 1.79. The molecular weight excluding hydrogens is 230 g/mol. The van der Waals surface area contributed by atoms with E-state index in [-0.39, 0.29) is 11.8 Å². The average Bonchev–Trinajstić information content (AvgIpc) is 2.91. The Morgan fingerprint density at radius 1 is 1.29 bits per heavy atom. The first-order valence-corrected chi connectivity index (χ1v) is 6.24. The van der Waals surface area contributed by atoms with Gasteiger partial charge >= 0.3 is 0 Å². The van der Waals surface area contributed by atoms with Crippen LogP contribution in [0.5, 0.6) is 0 Å². The normalized spacial score (nSPS) is 12.1. The Bertz CT molecular complexity index is 514. The molecule has 17 heavy (non-hydrogen) atoms. The summed E-state index contributed by atoms with van der Waals surface area (Å²) in [5, 5.41) is 1.91. The maximum absolute atomic E-state index is 12.0. The van der Waals surface area contributed by atoms with E-state index in [1.807, 2.05) is 48.7 Å². The predicted octanol–water partition coefficient (Wildman–Crippen LogP) is 3.74. The lowest BCUT2D eigenvalue weighted by Crippen LogP contribution is -1.99. The molecule has 3 heteroatoms. The summed E-state index contributed by atoms with van der Waals surface area (Å²) in [6, 6.07) is 11.4. The average molecular weight is 243 g/mol. The molecule has 86 valence electrons. The molecule has 1 heterocycles. The molecule has 0 bridgehead atoms. The number of nitrogens with zero attached hydrogens (tertiary/aromatic N) is 1. The first-order valence-electron chi connectivity index (χ1n) is 5.36. The molecule has 1 aromatic heterocycles. The van der Waals surface area contributed by atoms with Crippen LogP contribution in [0.3, 0.4) is 0 Å². The van der Waals surface area contributed by atoms with Gasteiger partial charge in [-0.2, -0.15) is 0 Å². The van der Waals surface area contributed by atoms with Crippen molar-refractivity contribution in [3.63, 3.8) is 0 Å². The van der Waals surface area contributed by atoms with E-state index in [0.717, 1.165) is 10.4 Å². The third-order valence-electron chi connectivity index (χ3n) is 2.67. The number of benzene rings is 1. The molecule has 0 amide bonds. The quantitative estimate of drug-likeness (QED) is 0.594. The van der Waals surface area contributed by atoms with E-state index >= 15 is 0 Å². The zero-order valence-corrected chi connectivity index (χ0v) is 10.4. The van der Waals surface area contributed by atoms with Gasteiger partial charge in [0.15, 0.2) is 0 Å². The van der Waals surface area contributed by atoms with Crippen LogP contribution >= 0.6 is 11.3 Å². The van der Waals surface area contributed by atoms with E-state index in [1.165, 1.54) is 11.3 Å². The Kier molecular flexibility index (Phi) is 3.49. The number of carbonyl (C=O) groups excluding carboxylic acids is 1. The maximum Gasteiger partial charge on any atom is 0.202 e. The molecule has 0 aliphatic carbocycles. The minimum Gasteiger partial charge on any atom is -0.293 e. The van der Waals surface area contributed by atoms with E-state index in [4.69, 9.17) is 0 Å². The third-order valence-corrected chi connectivity index (χ3v) is 3.54. The second kappa shape index (κ2) is 5.06. The van der Waals surface area contributed by atoms with Crippen LogP contribution in [0.25, 0.3) is 0 Å². The van der Waals surface area contributed by atoms with E-state index < -0.39 is 0 Å². The summed E-state index contributed by atoms with van der Waals surface area (Å²) in [6.45, 7) is 5.50. The minimum atomic E-state index is 0.0703. The summed E-state index contributed by atoms with van der Waals surface area (Å²) in [6.07, 6.45) is 0. The summed E-state index contributed by atoms with van der Waals surface area (Å²) >= 11 is 1.46. The van der Waals surface area contributed by atoms with Gasteiger partial charge in [0.2, 0.25) is 5.78 Å². The van der Waals surface area contributed by atoms with Gasteiger partial charge in [-0.1, -0.05) is 30.3 Å². The monoisotopic (exact) mass is 243 g/mol. The Balaban J connectivity index is 2.24. The van der Waals surface area contributed by atoms with E-state index in [9.17, 15) is 4.79 Å². The van der Waals surface area contributed by atoms with Gasteiger partial charge in [0, 0.05) is 5.56 Å². The lowest BCUT2D eigenvalue weighted by molar-refractivity contribution is 0.104. The Morgan fingerprint density at radius 2 is 2.00 bits per heavy atom. The van der Waals surface area contributed by atoms with Gasteiger partial charge in [-0.3, -0.25) is 9.79 Å². The van der Waals surface area contributed by atoms with Crippen LogP contribution in [-0.4, -0.2) is 12.5 Å². The first-order chi connectivity index (χ1) is 8.22. The highest BCUT2D eigenvalue weighted by atomic mass is 32.1. The summed E-state index contributed by atoms with van der Waals surface area (Å²) in [5.74, 6) is 0.0748. The zero-order valence-electron chi connectivity index (χ0n) is 9.59. The predicted molar refractivity (Wildman–Crippen MR) is 72.2 cm³/mol. The SMILES string of the molecule is C=NC(C)c1ccc(C(=O)c2cccs2)cc1. The number of aliphatic imine (C=N–C) groups is 1. The fourth-order valence-corrected chi connectivity index (χ4v) is 2.25. The molecule has 1 unspecified atom stereocenters. The van der Waals surface area contributed by atoms with Crippen molar-refractivity contribution in [1.82, 2.24) is 0 Å². The zero-order chi connectivity index (χ0) is 12.3. The third kappa shape index (κ3) is 2.50. The molecule has 1 atom stereocenters. The van der Waals surface area contributed by atoms with E-state index in [2.05, 4.69) is 11.7 Å². The van der Waals surface area contributed by atoms with Crippen molar-refractivity contribution in [1.29, 1.82) is 0 Å². The second-order valence-corrected chi connectivity index (χ2v) is 4.73. The summed E-state index contributed by atoms with van der Waals surface area (Å²) in [7, 11) is 0. The molecule has 0 radical (unpaired) electrons. The fraction of sp³-hybridized carbons (Fsp3) is 0.143. The molecule has 0 fully saturated rings. The molecular formula is C14H13NOS. The van der Waals surface area contributed by atoms with Crippen LogP contribution < -0.4 is 0 Å². The highest BCUT2D eigenvalue weighted by molar-refractivity contribution is 7.12. The van der Waals surface area contributed by atoms with Crippen LogP contribution in [-0.2, 0) is 0 Å². The van der Waals surface area contributed by atoms with Crippen molar-refractivity contribution < 1.29 is 4.79 Å². The van der Waals surface area contributed by atoms with Gasteiger partial charge < -0.3 is 0 Å². The molecule has 1 aromatic carbocycles. The number of ketones is 1. The molecule has 2 nitrogen and oxygen atoms in total. The van der Waals surface area contributed by atoms with Crippen LogP contribution in [0, 0.1) is 0 Å². The van der Waals surface area contributed by atoms with Crippen LogP contribution in [0.1, 0.15) is 33.8 Å². The van der Waals surface area contributed by atoms with Crippen LogP contribution in [0.15, 0.2) is 46.8 Å². The summed E-state index contributed by atoms with van der Waals surface area (Å²) < 4.78 is 0. The van der Waals surface area contributed by atoms with E-state index in [1.54, 1.807) is 0 Å². The number of hydrogen-bond acceptors (Lipinski definition) is 3. The summed E-state index contributed by atoms with van der Waals surface area (Å²) in [4.78, 5) is 16.8. The van der Waals surface area contributed by atoms with Crippen LogP contribution in [0.4, 0.5) is 0 Å². The minimum absolute atomic E-state index is 0.0703. The number of rotatable bonds is 4. The van der Waals surface area contributed by atoms with Crippen molar-refractivity contribution in [2.45, 2.75) is 13.0 Å². The number of hydrogen-bond donors (Lipinski definition) is 0. The highest BCUT2D eigenvalue weighted by Gasteiger charge is 2.10. The molecule has 0 aliphatic heterocycles. The van der Waals surface area contributed by atoms with Crippen molar-refractivity contribution >= 4 is 23.8 Å².